The minimum atomic E-state index is -4.79. The fourth-order valence-corrected chi connectivity index (χ4v) is 9.61. The molecule has 2 aliphatic heterocycles. The predicted molar refractivity (Wildman–Crippen MR) is 244 cm³/mol. The van der Waals surface area contributed by atoms with Gasteiger partial charge < -0.3 is 29.7 Å². The molecular formula is C48H52F3N5O7S2. The number of nitrogens with zero attached hydrogens (tertiary/aromatic N) is 4. The first-order valence-corrected chi connectivity index (χ1v) is 22.5. The van der Waals surface area contributed by atoms with Gasteiger partial charge in [-0.3, -0.25) is 19.2 Å². The van der Waals surface area contributed by atoms with Gasteiger partial charge in [0.15, 0.2) is 11.6 Å². The molecule has 1 unspecified atom stereocenters. The number of aryl methyl sites for hydroxylation is 2. The Balaban J connectivity index is 0.965. The van der Waals surface area contributed by atoms with Gasteiger partial charge in [-0.25, -0.2) is 4.98 Å². The third kappa shape index (κ3) is 11.1. The summed E-state index contributed by atoms with van der Waals surface area (Å²) in [4.78, 5) is 62.8. The van der Waals surface area contributed by atoms with Crippen molar-refractivity contribution in [1.29, 1.82) is 5.26 Å². The lowest BCUT2D eigenvalue weighted by molar-refractivity contribution is -0.143. The molecule has 65 heavy (non-hydrogen) atoms. The minimum absolute atomic E-state index is 0.00876. The summed E-state index contributed by atoms with van der Waals surface area (Å²) in [5, 5.41) is 22.6. The third-order valence-corrected chi connectivity index (χ3v) is 13.1. The van der Waals surface area contributed by atoms with E-state index in [1.165, 1.54) is 11.0 Å². The number of nitrogens with one attached hydrogen (secondary N) is 1. The molecule has 3 heterocycles. The lowest BCUT2D eigenvalue weighted by Crippen LogP contribution is -2.56. The van der Waals surface area contributed by atoms with E-state index in [0.717, 1.165) is 33.8 Å². The number of ketones is 2. The second-order valence-electron chi connectivity index (χ2n) is 17.8. The summed E-state index contributed by atoms with van der Waals surface area (Å²) in [6, 6.07) is 17.7. The first kappa shape index (κ1) is 48.9. The molecule has 6 rings (SSSR count). The number of ether oxygens (including phenoxy) is 2. The maximum absolute atomic E-state index is 14.0. The van der Waals surface area contributed by atoms with Gasteiger partial charge in [0, 0.05) is 31.5 Å². The summed E-state index contributed by atoms with van der Waals surface area (Å²) in [7, 11) is 0. The number of halogens is 3. The smallest absolute Gasteiger partial charge is 0.417 e. The molecule has 0 bridgehead atoms. The number of Topliss-reactive ketones (excluding diaryl/α,β-unsaturated/α-hetero) is 2. The highest BCUT2D eigenvalue weighted by atomic mass is 32.1. The molecule has 0 radical (unpaired) electrons. The number of likely N-dealkylation sites (tertiary alicyclic amines) is 1. The molecule has 2 saturated heterocycles. The van der Waals surface area contributed by atoms with Gasteiger partial charge in [0.05, 0.1) is 75.1 Å². The van der Waals surface area contributed by atoms with Crippen LogP contribution >= 0.6 is 23.6 Å². The van der Waals surface area contributed by atoms with Crippen LogP contribution in [-0.2, 0) is 36.5 Å². The van der Waals surface area contributed by atoms with Gasteiger partial charge in [0.1, 0.15) is 18.4 Å². The Morgan fingerprint density at radius 1 is 1.03 bits per heavy atom. The quantitative estimate of drug-likeness (QED) is 0.0835. The molecule has 0 saturated carbocycles. The standard InChI is InChI=1S/C48H52F3N5O7S2/c1-28-41(65-27-53-28)30-10-7-29(8-11-30)9-18-38(58)37-24-34(57)26-55(37)44(61)42(46(2,3)4)54-39(59)19-20-62-21-22-63-35-16-14-33(15-17-35)56-45(64)40(43(60)47(56,5)6)31-12-13-32(25-52)36(23-31)48(49,50)51/h7-8,10-17,23,27,34,37,40,42,57H,9,18-22,24,26H2,1-6H3,(H,54,59)/t34-,37+,40?,42-/m1/s1. The summed E-state index contributed by atoms with van der Waals surface area (Å²) < 4.78 is 52.7. The van der Waals surface area contributed by atoms with E-state index in [-0.39, 0.29) is 67.7 Å². The fraction of sp³-hybridized carbons (Fsp3) is 0.438. The van der Waals surface area contributed by atoms with Crippen molar-refractivity contribution in [3.63, 3.8) is 0 Å². The molecule has 2 fully saturated rings. The van der Waals surface area contributed by atoms with E-state index in [4.69, 9.17) is 21.7 Å². The van der Waals surface area contributed by atoms with Crippen LogP contribution in [0.25, 0.3) is 10.4 Å². The Bertz CT molecular complexity index is 2460. The molecule has 0 spiro atoms. The van der Waals surface area contributed by atoms with E-state index in [2.05, 4.69) is 10.3 Å². The number of aliphatic hydroxyl groups is 1. The third-order valence-electron chi connectivity index (χ3n) is 11.7. The van der Waals surface area contributed by atoms with Gasteiger partial charge in [-0.2, -0.15) is 18.4 Å². The zero-order chi connectivity index (χ0) is 47.4. The average molecular weight is 932 g/mol. The van der Waals surface area contributed by atoms with Crippen molar-refractivity contribution in [1.82, 2.24) is 15.2 Å². The largest absolute Gasteiger partial charge is 0.491 e. The number of amides is 2. The predicted octanol–water partition coefficient (Wildman–Crippen LogP) is 7.77. The average Bonchev–Trinajstić information content (AvgIpc) is 3.92. The van der Waals surface area contributed by atoms with E-state index in [1.807, 2.05) is 52.0 Å². The van der Waals surface area contributed by atoms with Gasteiger partial charge >= 0.3 is 6.18 Å². The molecule has 12 nitrogen and oxygen atoms in total. The number of hydrogen-bond acceptors (Lipinski definition) is 11. The van der Waals surface area contributed by atoms with Crippen molar-refractivity contribution in [2.24, 2.45) is 5.41 Å². The van der Waals surface area contributed by atoms with Crippen molar-refractivity contribution < 1.29 is 46.9 Å². The topological polar surface area (TPSA) is 162 Å². The second kappa shape index (κ2) is 19.9. The Labute approximate surface area is 385 Å². The van der Waals surface area contributed by atoms with Crippen molar-refractivity contribution in [3.05, 3.63) is 100 Å². The number of benzene rings is 3. The van der Waals surface area contributed by atoms with Crippen LogP contribution in [0.4, 0.5) is 18.9 Å². The van der Waals surface area contributed by atoms with E-state index >= 15 is 0 Å². The van der Waals surface area contributed by atoms with Gasteiger partial charge in [-0.1, -0.05) is 63.3 Å². The highest BCUT2D eigenvalue weighted by molar-refractivity contribution is 7.80. The molecule has 2 N–H and O–H groups in total. The summed E-state index contributed by atoms with van der Waals surface area (Å²) in [6.45, 7) is 11.0. The van der Waals surface area contributed by atoms with Gasteiger partial charge in [0.25, 0.3) is 0 Å². The number of rotatable bonds is 16. The van der Waals surface area contributed by atoms with Gasteiger partial charge in [-0.15, -0.1) is 11.3 Å². The Hall–Kier alpha value is -5.54. The Kier molecular flexibility index (Phi) is 15.0. The first-order valence-electron chi connectivity index (χ1n) is 21.2. The number of thiocarbonyl (C=S) groups is 1. The lowest BCUT2D eigenvalue weighted by Gasteiger charge is -2.35. The summed E-state index contributed by atoms with van der Waals surface area (Å²) >= 11 is 7.26. The van der Waals surface area contributed by atoms with Gasteiger partial charge in [-0.05, 0) is 85.7 Å². The van der Waals surface area contributed by atoms with Crippen molar-refractivity contribution in [2.45, 2.75) is 103 Å². The highest BCUT2D eigenvalue weighted by Gasteiger charge is 2.52. The van der Waals surface area contributed by atoms with Crippen LogP contribution in [0.5, 0.6) is 5.75 Å². The molecule has 4 atom stereocenters. The number of nitriles is 1. The van der Waals surface area contributed by atoms with E-state index < -0.39 is 64.2 Å². The number of aromatic nitrogens is 1. The van der Waals surface area contributed by atoms with E-state index in [1.54, 1.807) is 65.9 Å². The van der Waals surface area contributed by atoms with E-state index in [9.17, 15) is 42.7 Å². The number of alkyl halides is 3. The number of aliphatic hydroxyl groups excluding tert-OH is 1. The van der Waals surface area contributed by atoms with Crippen LogP contribution in [0.1, 0.15) is 87.7 Å². The number of carbonyl (C=O) groups is 4. The number of β-amino-alcohol motifs (C(OH)–C–C–N with tert-alkyl or cyclic N) is 1. The summed E-state index contributed by atoms with van der Waals surface area (Å²) in [5.74, 6) is -2.05. The zero-order valence-corrected chi connectivity index (χ0v) is 38.7. The highest BCUT2D eigenvalue weighted by Crippen LogP contribution is 2.43. The molecule has 4 aromatic rings. The molecule has 1 aromatic heterocycles. The minimum Gasteiger partial charge on any atom is -0.491 e. The van der Waals surface area contributed by atoms with Crippen LogP contribution < -0.4 is 15.0 Å². The van der Waals surface area contributed by atoms with Crippen LogP contribution in [0.15, 0.2) is 72.2 Å². The van der Waals surface area contributed by atoms with Crippen LogP contribution in [-0.4, -0.2) is 93.5 Å². The van der Waals surface area contributed by atoms with E-state index in [0.29, 0.717) is 17.9 Å². The first-order chi connectivity index (χ1) is 30.6. The van der Waals surface area contributed by atoms with Crippen molar-refractivity contribution in [2.75, 3.05) is 31.3 Å². The number of anilines is 1. The zero-order valence-electron chi connectivity index (χ0n) is 37.0. The van der Waals surface area contributed by atoms with Gasteiger partial charge in [0.2, 0.25) is 11.8 Å². The molecule has 17 heteroatoms. The summed E-state index contributed by atoms with van der Waals surface area (Å²) in [5.41, 5.74) is 1.81. The van der Waals surface area contributed by atoms with Crippen LogP contribution in [0.2, 0.25) is 0 Å². The molecular weight excluding hydrogens is 880 g/mol. The lowest BCUT2D eigenvalue weighted by atomic mass is 9.85. The Morgan fingerprint density at radius 2 is 1.72 bits per heavy atom. The van der Waals surface area contributed by atoms with Crippen molar-refractivity contribution in [3.8, 4) is 22.3 Å². The number of hydrogen-bond donors (Lipinski definition) is 2. The molecule has 2 amide bonds. The fourth-order valence-electron chi connectivity index (χ4n) is 8.22. The monoisotopic (exact) mass is 931 g/mol. The normalized spacial score (nSPS) is 19.0. The molecule has 3 aromatic carbocycles. The molecule has 2 aliphatic rings. The van der Waals surface area contributed by atoms with Crippen molar-refractivity contribution >= 4 is 57.6 Å². The van der Waals surface area contributed by atoms with Crippen LogP contribution in [0, 0.1) is 23.7 Å². The number of carbonyl (C=O) groups excluding carboxylic acids is 4. The molecule has 0 aliphatic carbocycles. The maximum Gasteiger partial charge on any atom is 0.417 e. The SMILES string of the molecule is Cc1ncsc1-c1ccc(CCC(=O)[C@@H]2C[C@@H](O)CN2C(=O)[C@@H](NC(=O)CCOCCOc2ccc(N3C(=S)C(c4ccc(C#N)c(C(F)(F)F)c4)C(=O)C3(C)C)cc2)C(C)(C)C)cc1. The summed E-state index contributed by atoms with van der Waals surface area (Å²) in [6.07, 6.45) is -4.91. The maximum atomic E-state index is 14.0. The Morgan fingerprint density at radius 3 is 2.34 bits per heavy atom. The number of thiazole rings is 1. The molecule has 344 valence electrons. The van der Waals surface area contributed by atoms with Crippen LogP contribution in [0.3, 0.4) is 0 Å². The second-order valence-corrected chi connectivity index (χ2v) is 19.1.